The second kappa shape index (κ2) is 4.31. The van der Waals surface area contributed by atoms with Gasteiger partial charge in [0.15, 0.2) is 11.5 Å². The summed E-state index contributed by atoms with van der Waals surface area (Å²) in [5.74, 6) is 1.54. The third kappa shape index (κ3) is 1.64. The van der Waals surface area contributed by atoms with Gasteiger partial charge < -0.3 is 19.9 Å². The number of nitrogens with two attached hydrogens (primary N) is 1. The van der Waals surface area contributed by atoms with Gasteiger partial charge in [-0.2, -0.15) is 0 Å². The molecular weight excluding hydrogens is 206 g/mol. The van der Waals surface area contributed by atoms with E-state index in [0.29, 0.717) is 6.54 Å². The monoisotopic (exact) mass is 223 g/mol. The molecular formula is C12H17NO3. The highest BCUT2D eigenvalue weighted by atomic mass is 16.7. The zero-order valence-electron chi connectivity index (χ0n) is 9.66. The molecule has 2 N–H and O–H groups in total. The smallest absolute Gasteiger partial charge is 0.231 e. The number of hydrogen-bond donors (Lipinski definition) is 1. The standard InChI is InChI=1S/C12H17NO3/c1-3-12(7-13,14-2)9-4-5-10-11(6-9)16-8-15-10/h4-6H,3,7-8,13H2,1-2H3. The van der Waals surface area contributed by atoms with E-state index in [4.69, 9.17) is 19.9 Å². The predicted molar refractivity (Wildman–Crippen MR) is 60.6 cm³/mol. The Morgan fingerprint density at radius 3 is 2.75 bits per heavy atom. The fourth-order valence-electron chi connectivity index (χ4n) is 1.99. The molecule has 0 radical (unpaired) electrons. The van der Waals surface area contributed by atoms with Crippen LogP contribution in [0.5, 0.6) is 11.5 Å². The average Bonchev–Trinajstić information content (AvgIpc) is 2.79. The minimum absolute atomic E-state index is 0.285. The van der Waals surface area contributed by atoms with E-state index >= 15 is 0 Å². The van der Waals surface area contributed by atoms with E-state index in [-0.39, 0.29) is 6.79 Å². The molecule has 0 aliphatic carbocycles. The molecule has 0 bridgehead atoms. The Morgan fingerprint density at radius 2 is 2.12 bits per heavy atom. The summed E-state index contributed by atoms with van der Waals surface area (Å²) in [7, 11) is 1.68. The second-order valence-electron chi connectivity index (χ2n) is 3.82. The highest BCUT2D eigenvalue weighted by Crippen LogP contribution is 2.37. The van der Waals surface area contributed by atoms with Crippen molar-refractivity contribution in [2.24, 2.45) is 5.73 Å². The number of fused-ring (bicyclic) bond motifs is 1. The second-order valence-corrected chi connectivity index (χ2v) is 3.82. The molecule has 1 unspecified atom stereocenters. The topological polar surface area (TPSA) is 53.7 Å². The van der Waals surface area contributed by atoms with E-state index in [0.717, 1.165) is 23.5 Å². The van der Waals surface area contributed by atoms with Gasteiger partial charge in [0.05, 0.1) is 0 Å². The molecule has 16 heavy (non-hydrogen) atoms. The van der Waals surface area contributed by atoms with Crippen molar-refractivity contribution in [3.8, 4) is 11.5 Å². The third-order valence-electron chi connectivity index (χ3n) is 3.19. The van der Waals surface area contributed by atoms with E-state index in [1.165, 1.54) is 0 Å². The summed E-state index contributed by atoms with van der Waals surface area (Å²) in [5.41, 5.74) is 6.41. The Bertz CT molecular complexity index is 366. The third-order valence-corrected chi connectivity index (χ3v) is 3.19. The molecule has 2 rings (SSSR count). The summed E-state index contributed by atoms with van der Waals surface area (Å²) < 4.78 is 16.2. The lowest BCUT2D eigenvalue weighted by molar-refractivity contribution is -0.0104. The molecule has 0 spiro atoms. The molecule has 1 aromatic rings. The van der Waals surface area contributed by atoms with Crippen LogP contribution in [-0.2, 0) is 10.3 Å². The SMILES string of the molecule is CCC(CN)(OC)c1ccc2c(c1)OCO2. The quantitative estimate of drug-likeness (QED) is 0.842. The fourth-order valence-corrected chi connectivity index (χ4v) is 1.99. The predicted octanol–water partition coefficient (Wildman–Crippen LogP) is 1.63. The molecule has 0 saturated heterocycles. The van der Waals surface area contributed by atoms with Crippen molar-refractivity contribution in [1.29, 1.82) is 0 Å². The molecule has 1 aromatic carbocycles. The summed E-state index contributed by atoms with van der Waals surface area (Å²) in [5, 5.41) is 0. The molecule has 4 heteroatoms. The summed E-state index contributed by atoms with van der Waals surface area (Å²) in [6, 6.07) is 5.83. The van der Waals surface area contributed by atoms with Gasteiger partial charge in [-0.3, -0.25) is 0 Å². The number of benzene rings is 1. The minimum Gasteiger partial charge on any atom is -0.454 e. The van der Waals surface area contributed by atoms with E-state index in [9.17, 15) is 0 Å². The van der Waals surface area contributed by atoms with Crippen molar-refractivity contribution >= 4 is 0 Å². The van der Waals surface area contributed by atoms with Crippen molar-refractivity contribution in [2.75, 3.05) is 20.4 Å². The van der Waals surface area contributed by atoms with Gasteiger partial charge in [-0.15, -0.1) is 0 Å². The Hall–Kier alpha value is -1.26. The molecule has 1 aliphatic heterocycles. The molecule has 0 fully saturated rings. The Kier molecular flexibility index (Phi) is 3.03. The number of hydrogen-bond acceptors (Lipinski definition) is 4. The molecule has 0 saturated carbocycles. The molecule has 0 amide bonds. The zero-order chi connectivity index (χ0) is 11.6. The summed E-state index contributed by atoms with van der Waals surface area (Å²) in [4.78, 5) is 0. The van der Waals surface area contributed by atoms with E-state index in [1.54, 1.807) is 7.11 Å². The zero-order valence-corrected chi connectivity index (χ0v) is 9.66. The van der Waals surface area contributed by atoms with Gasteiger partial charge in [0.25, 0.3) is 0 Å². The molecule has 0 aromatic heterocycles. The summed E-state index contributed by atoms with van der Waals surface area (Å²) >= 11 is 0. The van der Waals surface area contributed by atoms with Crippen LogP contribution in [0.15, 0.2) is 18.2 Å². The summed E-state index contributed by atoms with van der Waals surface area (Å²) in [6.45, 7) is 2.79. The van der Waals surface area contributed by atoms with Crippen LogP contribution < -0.4 is 15.2 Å². The van der Waals surface area contributed by atoms with Crippen molar-refractivity contribution in [2.45, 2.75) is 18.9 Å². The van der Waals surface area contributed by atoms with Gasteiger partial charge in [0, 0.05) is 13.7 Å². The van der Waals surface area contributed by atoms with Crippen LogP contribution in [0.2, 0.25) is 0 Å². The van der Waals surface area contributed by atoms with E-state index in [2.05, 4.69) is 6.92 Å². The van der Waals surface area contributed by atoms with Gasteiger partial charge in [0.1, 0.15) is 5.60 Å². The molecule has 4 nitrogen and oxygen atoms in total. The number of methoxy groups -OCH3 is 1. The Morgan fingerprint density at radius 1 is 1.38 bits per heavy atom. The van der Waals surface area contributed by atoms with E-state index < -0.39 is 5.60 Å². The molecule has 1 heterocycles. The Labute approximate surface area is 95.3 Å². The normalized spacial score (nSPS) is 17.2. The maximum Gasteiger partial charge on any atom is 0.231 e. The van der Waals surface area contributed by atoms with Gasteiger partial charge in [0.2, 0.25) is 6.79 Å². The van der Waals surface area contributed by atoms with Crippen molar-refractivity contribution < 1.29 is 14.2 Å². The lowest BCUT2D eigenvalue weighted by Gasteiger charge is -2.30. The number of rotatable bonds is 4. The lowest BCUT2D eigenvalue weighted by atomic mass is 9.90. The average molecular weight is 223 g/mol. The van der Waals surface area contributed by atoms with Crippen LogP contribution in [0.4, 0.5) is 0 Å². The first-order chi connectivity index (χ1) is 7.75. The van der Waals surface area contributed by atoms with E-state index in [1.807, 2.05) is 18.2 Å². The van der Waals surface area contributed by atoms with Crippen molar-refractivity contribution in [1.82, 2.24) is 0 Å². The molecule has 1 atom stereocenters. The fraction of sp³-hybridized carbons (Fsp3) is 0.500. The van der Waals surface area contributed by atoms with Gasteiger partial charge in [-0.25, -0.2) is 0 Å². The van der Waals surface area contributed by atoms with Gasteiger partial charge in [-0.1, -0.05) is 13.0 Å². The van der Waals surface area contributed by atoms with Crippen LogP contribution in [0.3, 0.4) is 0 Å². The maximum atomic E-state index is 5.81. The molecule has 1 aliphatic rings. The van der Waals surface area contributed by atoms with Crippen molar-refractivity contribution in [3.63, 3.8) is 0 Å². The first kappa shape index (κ1) is 11.2. The summed E-state index contributed by atoms with van der Waals surface area (Å²) in [6.07, 6.45) is 0.819. The highest BCUT2D eigenvalue weighted by molar-refractivity contribution is 5.46. The lowest BCUT2D eigenvalue weighted by Crippen LogP contribution is -2.36. The first-order valence-electron chi connectivity index (χ1n) is 5.41. The minimum atomic E-state index is -0.430. The van der Waals surface area contributed by atoms with Crippen molar-refractivity contribution in [3.05, 3.63) is 23.8 Å². The van der Waals surface area contributed by atoms with Crippen LogP contribution in [0, 0.1) is 0 Å². The van der Waals surface area contributed by atoms with Gasteiger partial charge >= 0.3 is 0 Å². The first-order valence-corrected chi connectivity index (χ1v) is 5.41. The molecule has 88 valence electrons. The highest BCUT2D eigenvalue weighted by Gasteiger charge is 2.30. The Balaban J connectivity index is 2.39. The van der Waals surface area contributed by atoms with Crippen LogP contribution in [0.25, 0.3) is 0 Å². The van der Waals surface area contributed by atoms with Crippen LogP contribution in [0.1, 0.15) is 18.9 Å². The number of ether oxygens (including phenoxy) is 3. The maximum absolute atomic E-state index is 5.81. The van der Waals surface area contributed by atoms with Crippen LogP contribution in [-0.4, -0.2) is 20.4 Å². The van der Waals surface area contributed by atoms with Crippen LogP contribution >= 0.6 is 0 Å². The van der Waals surface area contributed by atoms with Gasteiger partial charge in [-0.05, 0) is 24.1 Å². The largest absolute Gasteiger partial charge is 0.454 e.